The highest BCUT2D eigenvalue weighted by Crippen LogP contribution is 2.37. The Morgan fingerprint density at radius 1 is 1.13 bits per heavy atom. The fourth-order valence-corrected chi connectivity index (χ4v) is 4.93. The van der Waals surface area contributed by atoms with Crippen LogP contribution in [-0.4, -0.2) is 66.8 Å². The Labute approximate surface area is 184 Å². The number of carbonyl (C=O) groups is 1. The zero-order chi connectivity index (χ0) is 21.8. The van der Waals surface area contributed by atoms with Gasteiger partial charge in [0, 0.05) is 38.1 Å². The fourth-order valence-electron chi connectivity index (χ4n) is 4.93. The SMILES string of the molecule is CN(C)C1(c2ccccc2)CCN(Cc2ccc(O[C@@H]3CN[C@H](C(=O)O)C3)cc2)CC1. The van der Waals surface area contributed by atoms with E-state index in [4.69, 9.17) is 9.84 Å². The van der Waals surface area contributed by atoms with Crippen molar-refractivity contribution in [3.05, 3.63) is 65.7 Å². The molecule has 4 rings (SSSR count). The van der Waals surface area contributed by atoms with Crippen LogP contribution in [0.2, 0.25) is 0 Å². The normalized spacial score (nSPS) is 23.7. The first-order valence-electron chi connectivity index (χ1n) is 11.1. The molecule has 0 aliphatic carbocycles. The van der Waals surface area contributed by atoms with Crippen molar-refractivity contribution in [3.63, 3.8) is 0 Å². The molecule has 2 aromatic carbocycles. The largest absolute Gasteiger partial charge is 0.489 e. The number of ether oxygens (including phenoxy) is 1. The number of benzene rings is 2. The van der Waals surface area contributed by atoms with Gasteiger partial charge in [0.1, 0.15) is 17.9 Å². The lowest BCUT2D eigenvalue weighted by Crippen LogP contribution is -2.50. The molecule has 6 nitrogen and oxygen atoms in total. The summed E-state index contributed by atoms with van der Waals surface area (Å²) in [6.45, 7) is 3.64. The van der Waals surface area contributed by atoms with Crippen LogP contribution >= 0.6 is 0 Å². The molecule has 0 unspecified atom stereocenters. The standard InChI is InChI=1S/C25H33N3O3/c1-27(2)25(20-6-4-3-5-7-20)12-14-28(15-13-25)18-19-8-10-21(11-9-19)31-22-16-23(24(29)30)26-17-22/h3-11,22-23,26H,12-18H2,1-2H3,(H,29,30)/t22-,23-/m0/s1. The van der Waals surface area contributed by atoms with E-state index in [9.17, 15) is 4.79 Å². The zero-order valence-corrected chi connectivity index (χ0v) is 18.5. The minimum Gasteiger partial charge on any atom is -0.489 e. The van der Waals surface area contributed by atoms with Crippen LogP contribution in [0.4, 0.5) is 0 Å². The highest BCUT2D eigenvalue weighted by atomic mass is 16.5. The first-order valence-corrected chi connectivity index (χ1v) is 11.1. The van der Waals surface area contributed by atoms with Gasteiger partial charge in [0.05, 0.1) is 0 Å². The number of likely N-dealkylation sites (tertiary alicyclic amines) is 1. The van der Waals surface area contributed by atoms with E-state index in [-0.39, 0.29) is 11.6 Å². The summed E-state index contributed by atoms with van der Waals surface area (Å²) in [5.74, 6) is -0.00975. The molecule has 2 aliphatic rings. The van der Waals surface area contributed by atoms with Gasteiger partial charge in [0.15, 0.2) is 0 Å². The number of nitrogens with one attached hydrogen (secondary N) is 1. The van der Waals surface area contributed by atoms with E-state index < -0.39 is 12.0 Å². The lowest BCUT2D eigenvalue weighted by Gasteiger charge is -2.46. The number of aliphatic carboxylic acids is 1. The Hall–Kier alpha value is -2.41. The second-order valence-electron chi connectivity index (χ2n) is 8.99. The summed E-state index contributed by atoms with van der Waals surface area (Å²) in [5, 5.41) is 12.1. The van der Waals surface area contributed by atoms with Gasteiger partial charge in [-0.05, 0) is 50.2 Å². The van der Waals surface area contributed by atoms with Crippen LogP contribution in [0.15, 0.2) is 54.6 Å². The van der Waals surface area contributed by atoms with E-state index >= 15 is 0 Å². The quantitative estimate of drug-likeness (QED) is 0.714. The smallest absolute Gasteiger partial charge is 0.320 e. The van der Waals surface area contributed by atoms with Crippen LogP contribution in [-0.2, 0) is 16.9 Å². The molecule has 2 aliphatic heterocycles. The van der Waals surface area contributed by atoms with Gasteiger partial charge in [-0.2, -0.15) is 0 Å². The Morgan fingerprint density at radius 3 is 2.39 bits per heavy atom. The third kappa shape index (κ3) is 4.92. The van der Waals surface area contributed by atoms with E-state index in [0.29, 0.717) is 13.0 Å². The Morgan fingerprint density at radius 2 is 1.81 bits per heavy atom. The van der Waals surface area contributed by atoms with Crippen LogP contribution < -0.4 is 10.1 Å². The molecule has 2 fully saturated rings. The molecule has 2 N–H and O–H groups in total. The van der Waals surface area contributed by atoms with E-state index in [1.807, 2.05) is 12.1 Å². The summed E-state index contributed by atoms with van der Waals surface area (Å²) in [7, 11) is 4.39. The Balaban J connectivity index is 1.31. The monoisotopic (exact) mass is 423 g/mol. The lowest BCUT2D eigenvalue weighted by molar-refractivity contribution is -0.139. The number of nitrogens with zero attached hydrogens (tertiary/aromatic N) is 2. The Kier molecular flexibility index (Phi) is 6.60. The van der Waals surface area contributed by atoms with Gasteiger partial charge in [-0.15, -0.1) is 0 Å². The van der Waals surface area contributed by atoms with Crippen LogP contribution in [0.5, 0.6) is 5.75 Å². The number of carboxylic acid groups (broad SMARTS) is 1. The predicted octanol–water partition coefficient (Wildman–Crippen LogP) is 2.93. The van der Waals surface area contributed by atoms with Crippen LogP contribution in [0, 0.1) is 0 Å². The molecule has 2 aromatic rings. The number of hydrogen-bond donors (Lipinski definition) is 2. The number of hydrogen-bond acceptors (Lipinski definition) is 5. The van der Waals surface area contributed by atoms with Crippen LogP contribution in [0.3, 0.4) is 0 Å². The van der Waals surface area contributed by atoms with Gasteiger partial charge in [-0.25, -0.2) is 0 Å². The maximum absolute atomic E-state index is 11.1. The third-order valence-electron chi connectivity index (χ3n) is 6.87. The van der Waals surface area contributed by atoms with E-state index in [0.717, 1.165) is 38.2 Å². The molecule has 166 valence electrons. The van der Waals surface area contributed by atoms with E-state index in [2.05, 4.69) is 71.7 Å². The molecule has 0 radical (unpaired) electrons. The second kappa shape index (κ2) is 9.39. The summed E-state index contributed by atoms with van der Waals surface area (Å²) in [5.41, 5.74) is 2.79. The molecule has 2 atom stereocenters. The molecule has 0 saturated carbocycles. The van der Waals surface area contributed by atoms with Gasteiger partial charge in [-0.3, -0.25) is 14.6 Å². The second-order valence-corrected chi connectivity index (χ2v) is 8.99. The average molecular weight is 424 g/mol. The summed E-state index contributed by atoms with van der Waals surface area (Å²) in [6, 6.07) is 18.6. The average Bonchev–Trinajstić information content (AvgIpc) is 3.25. The number of piperidine rings is 1. The van der Waals surface area contributed by atoms with Crippen LogP contribution in [0.1, 0.15) is 30.4 Å². The minimum atomic E-state index is -0.812. The van der Waals surface area contributed by atoms with E-state index in [1.54, 1.807) is 0 Å². The van der Waals surface area contributed by atoms with Crippen molar-refractivity contribution in [2.75, 3.05) is 33.7 Å². The molecule has 0 bridgehead atoms. The fraction of sp³-hybridized carbons (Fsp3) is 0.480. The topological polar surface area (TPSA) is 65.0 Å². The molecular weight excluding hydrogens is 390 g/mol. The van der Waals surface area contributed by atoms with Crippen molar-refractivity contribution in [3.8, 4) is 5.75 Å². The molecule has 2 saturated heterocycles. The Bertz CT molecular complexity index is 861. The molecule has 0 aromatic heterocycles. The maximum atomic E-state index is 11.1. The van der Waals surface area contributed by atoms with Gasteiger partial charge < -0.3 is 15.2 Å². The molecule has 2 heterocycles. The van der Waals surface area contributed by atoms with Crippen LogP contribution in [0.25, 0.3) is 0 Å². The highest BCUT2D eigenvalue weighted by molar-refractivity contribution is 5.73. The van der Waals surface area contributed by atoms with Gasteiger partial charge in [0.2, 0.25) is 0 Å². The first kappa shape index (κ1) is 21.8. The van der Waals surface area contributed by atoms with Crippen molar-refractivity contribution in [1.82, 2.24) is 15.1 Å². The first-order chi connectivity index (χ1) is 15.0. The number of carboxylic acids is 1. The van der Waals surface area contributed by atoms with Crippen molar-refractivity contribution < 1.29 is 14.6 Å². The minimum absolute atomic E-state index is 0.0915. The zero-order valence-electron chi connectivity index (χ0n) is 18.5. The van der Waals surface area contributed by atoms with Crippen molar-refractivity contribution >= 4 is 5.97 Å². The summed E-state index contributed by atoms with van der Waals surface area (Å²) < 4.78 is 5.96. The maximum Gasteiger partial charge on any atom is 0.320 e. The molecular formula is C25H33N3O3. The molecule has 31 heavy (non-hydrogen) atoms. The van der Waals surface area contributed by atoms with Crippen molar-refractivity contribution in [2.24, 2.45) is 0 Å². The van der Waals surface area contributed by atoms with E-state index in [1.165, 1.54) is 11.1 Å². The van der Waals surface area contributed by atoms with Gasteiger partial charge in [0.25, 0.3) is 0 Å². The lowest BCUT2D eigenvalue weighted by atomic mass is 9.79. The summed E-state index contributed by atoms with van der Waals surface area (Å²) in [4.78, 5) is 16.0. The molecule has 6 heteroatoms. The molecule has 0 amide bonds. The van der Waals surface area contributed by atoms with Crippen molar-refractivity contribution in [2.45, 2.75) is 43.5 Å². The summed E-state index contributed by atoms with van der Waals surface area (Å²) >= 11 is 0. The predicted molar refractivity (Wildman–Crippen MR) is 121 cm³/mol. The number of rotatable bonds is 7. The third-order valence-corrected chi connectivity index (χ3v) is 6.87. The molecule has 0 spiro atoms. The highest BCUT2D eigenvalue weighted by Gasteiger charge is 2.38. The van der Waals surface area contributed by atoms with Gasteiger partial charge in [-0.1, -0.05) is 42.5 Å². The van der Waals surface area contributed by atoms with Gasteiger partial charge >= 0.3 is 5.97 Å². The van der Waals surface area contributed by atoms with Crippen molar-refractivity contribution in [1.29, 1.82) is 0 Å². The summed E-state index contributed by atoms with van der Waals surface area (Å²) in [6.07, 6.45) is 2.64.